The van der Waals surface area contributed by atoms with Crippen molar-refractivity contribution in [1.29, 1.82) is 0 Å². The Morgan fingerprint density at radius 3 is 1.81 bits per heavy atom. The second-order valence-corrected chi connectivity index (χ2v) is 16.9. The molecule has 0 radical (unpaired) electrons. The Labute approximate surface area is 419 Å². The third-order valence-electron chi connectivity index (χ3n) is 12.0. The summed E-state index contributed by atoms with van der Waals surface area (Å²) in [7, 11) is 0. The lowest BCUT2D eigenvalue weighted by Crippen LogP contribution is -1.98. The molecule has 0 bridgehead atoms. The Bertz CT molecular complexity index is 2740. The van der Waals surface area contributed by atoms with Crippen LogP contribution in [0.3, 0.4) is 0 Å². The van der Waals surface area contributed by atoms with E-state index in [9.17, 15) is 0 Å². The Balaban J connectivity index is 0.000000270. The van der Waals surface area contributed by atoms with Gasteiger partial charge in [0.15, 0.2) is 0 Å². The Morgan fingerprint density at radius 1 is 0.652 bits per heavy atom. The fraction of sp³-hybridized carbons (Fsp3) is 0.217. The van der Waals surface area contributed by atoms with Gasteiger partial charge in [0.1, 0.15) is 0 Å². The van der Waals surface area contributed by atoms with Crippen LogP contribution in [0.15, 0.2) is 218 Å². The highest BCUT2D eigenvalue weighted by molar-refractivity contribution is 5.85. The summed E-state index contributed by atoms with van der Waals surface area (Å²) >= 11 is 0. The molecular weight excluding hydrogens is 829 g/mol. The van der Waals surface area contributed by atoms with E-state index in [1.807, 2.05) is 45.9 Å². The second kappa shape index (κ2) is 29.5. The normalized spacial score (nSPS) is 12.5. The van der Waals surface area contributed by atoms with Crippen molar-refractivity contribution in [3.8, 4) is 11.1 Å². The Morgan fingerprint density at radius 2 is 1.25 bits per heavy atom. The van der Waals surface area contributed by atoms with Crippen molar-refractivity contribution in [3.05, 3.63) is 286 Å². The SMILES string of the molecule is C=C/C=C(/c1cccc(C(C)/C=C(\C=C(/C)c2ccccc2)c2ccccc2)c1)c1cc(C)ccc1CC.CC.CC.CC1=C(c2c#cccc2)C=CCC1.Cc1ccccc1-c1ccccc1C. The van der Waals surface area contributed by atoms with Crippen LogP contribution in [0, 0.1) is 32.9 Å². The molecule has 0 spiro atoms. The molecule has 8 rings (SSSR count). The van der Waals surface area contributed by atoms with E-state index in [2.05, 4.69) is 255 Å². The lowest BCUT2D eigenvalue weighted by Gasteiger charge is -2.16. The zero-order valence-electron chi connectivity index (χ0n) is 43.5. The maximum absolute atomic E-state index is 4.02. The van der Waals surface area contributed by atoms with Crippen LogP contribution in [-0.2, 0) is 6.42 Å². The monoisotopic (exact) mass is 905 g/mol. The number of allylic oxidation sites excluding steroid dienone is 10. The van der Waals surface area contributed by atoms with Crippen LogP contribution in [0.4, 0.5) is 0 Å². The second-order valence-electron chi connectivity index (χ2n) is 16.9. The predicted octanol–water partition coefficient (Wildman–Crippen LogP) is 19.9. The van der Waals surface area contributed by atoms with Gasteiger partial charge in [-0.15, -0.1) is 0 Å². The first-order valence-corrected chi connectivity index (χ1v) is 25.1. The number of aryl methyl sites for hydroxylation is 4. The van der Waals surface area contributed by atoms with Gasteiger partial charge in [0.25, 0.3) is 0 Å². The summed E-state index contributed by atoms with van der Waals surface area (Å²) in [6.45, 7) is 27.4. The van der Waals surface area contributed by atoms with Crippen molar-refractivity contribution in [2.45, 2.75) is 101 Å². The topological polar surface area (TPSA) is 0 Å². The molecule has 0 saturated carbocycles. The average Bonchev–Trinajstić information content (AvgIpc) is 3.40. The minimum Gasteiger partial charge on any atom is -0.0990 e. The average molecular weight is 905 g/mol. The highest BCUT2D eigenvalue weighted by atomic mass is 14.2. The van der Waals surface area contributed by atoms with Crippen molar-refractivity contribution >= 4 is 22.3 Å². The molecule has 1 unspecified atom stereocenters. The van der Waals surface area contributed by atoms with Crippen LogP contribution in [0.25, 0.3) is 33.4 Å². The molecule has 352 valence electrons. The van der Waals surface area contributed by atoms with Gasteiger partial charge < -0.3 is 0 Å². The van der Waals surface area contributed by atoms with Gasteiger partial charge in [-0.2, -0.15) is 0 Å². The number of benzene rings is 6. The molecule has 1 atom stereocenters. The number of hydrogen-bond acceptors (Lipinski definition) is 0. The first kappa shape index (κ1) is 54.4. The van der Waals surface area contributed by atoms with E-state index in [0.717, 1.165) is 12.0 Å². The zero-order valence-corrected chi connectivity index (χ0v) is 43.5. The van der Waals surface area contributed by atoms with Gasteiger partial charge >= 0.3 is 0 Å². The summed E-state index contributed by atoms with van der Waals surface area (Å²) in [6, 6.07) is 66.1. The van der Waals surface area contributed by atoms with Crippen LogP contribution in [0.5, 0.6) is 0 Å². The summed E-state index contributed by atoms with van der Waals surface area (Å²) in [4.78, 5) is 0. The largest absolute Gasteiger partial charge is 0.0990 e. The summed E-state index contributed by atoms with van der Waals surface area (Å²) in [5.41, 5.74) is 21.9. The maximum Gasteiger partial charge on any atom is 0.0320 e. The molecule has 7 aromatic carbocycles. The van der Waals surface area contributed by atoms with E-state index in [4.69, 9.17) is 0 Å². The molecule has 0 saturated heterocycles. The molecule has 0 aliphatic heterocycles. The van der Waals surface area contributed by atoms with Gasteiger partial charge in [-0.1, -0.05) is 266 Å². The molecule has 0 fully saturated rings. The highest BCUT2D eigenvalue weighted by Gasteiger charge is 2.13. The fourth-order valence-electron chi connectivity index (χ4n) is 8.30. The summed E-state index contributed by atoms with van der Waals surface area (Å²) < 4.78 is 0. The summed E-state index contributed by atoms with van der Waals surface area (Å²) in [5.74, 6) is 0.234. The van der Waals surface area contributed by atoms with Gasteiger partial charge in [0.2, 0.25) is 0 Å². The molecule has 0 heterocycles. The van der Waals surface area contributed by atoms with E-state index in [1.54, 1.807) is 0 Å². The smallest absolute Gasteiger partial charge is 0.0320 e. The van der Waals surface area contributed by atoms with Gasteiger partial charge in [-0.25, -0.2) is 0 Å². The molecule has 7 aromatic rings. The molecular formula is C69H76. The van der Waals surface area contributed by atoms with E-state index in [0.29, 0.717) is 0 Å². The molecule has 0 nitrogen and oxygen atoms in total. The van der Waals surface area contributed by atoms with Gasteiger partial charge in [-0.3, -0.25) is 0 Å². The van der Waals surface area contributed by atoms with Crippen molar-refractivity contribution in [1.82, 2.24) is 0 Å². The molecule has 0 amide bonds. The van der Waals surface area contributed by atoms with E-state index < -0.39 is 0 Å². The quantitative estimate of drug-likeness (QED) is 0.113. The third-order valence-corrected chi connectivity index (χ3v) is 12.0. The first-order chi connectivity index (χ1) is 33.7. The standard InChI is InChI=1S/C38H38.C14H14.C13H12.2C2H6/c1-6-15-37(38-24-28(3)22-23-31(38)7-2)35-21-14-20-34(27-35)30(5)26-36(33-18-12-9-13-19-33)25-29(4)32-16-10-8-11-17-32;1-11-7-3-5-9-13(11)14-10-6-4-8-12(14)2;1-11-7-5-6-10-13(11)12-8-3-2-4-9-12;2*1-2/h6,8-27,30H,1,7H2,2-5H3;3-10H,1-2H3;2-3,6,8,10H,5,7H2,1H3;2*1-2H3/b29-25+,36-26+,37-15-;;;;. The Hall–Kier alpha value is -7.20. The fourth-order valence-corrected chi connectivity index (χ4v) is 8.30. The molecule has 1 aliphatic carbocycles. The predicted molar refractivity (Wildman–Crippen MR) is 306 cm³/mol. The summed E-state index contributed by atoms with van der Waals surface area (Å²) in [6.07, 6.45) is 16.5. The summed E-state index contributed by atoms with van der Waals surface area (Å²) in [5, 5.41) is 0. The number of hydrogen-bond donors (Lipinski definition) is 0. The van der Waals surface area contributed by atoms with E-state index >= 15 is 0 Å². The van der Waals surface area contributed by atoms with Crippen molar-refractivity contribution < 1.29 is 0 Å². The first-order valence-electron chi connectivity index (χ1n) is 25.1. The Kier molecular flexibility index (Phi) is 23.3. The minimum atomic E-state index is 0.234. The lowest BCUT2D eigenvalue weighted by molar-refractivity contribution is 0.967. The van der Waals surface area contributed by atoms with Crippen LogP contribution in [0.1, 0.15) is 130 Å². The molecule has 1 aliphatic rings. The highest BCUT2D eigenvalue weighted by Crippen LogP contribution is 2.33. The van der Waals surface area contributed by atoms with Crippen molar-refractivity contribution in [2.24, 2.45) is 0 Å². The molecule has 0 N–H and O–H groups in total. The van der Waals surface area contributed by atoms with E-state index in [1.165, 1.54) is 102 Å². The molecule has 69 heavy (non-hydrogen) atoms. The van der Waals surface area contributed by atoms with Gasteiger partial charge in [0.05, 0.1) is 0 Å². The van der Waals surface area contributed by atoms with Crippen LogP contribution in [-0.4, -0.2) is 0 Å². The number of rotatable bonds is 11. The maximum atomic E-state index is 4.02. The third kappa shape index (κ3) is 16.2. The van der Waals surface area contributed by atoms with Gasteiger partial charge in [-0.05, 0) is 150 Å². The van der Waals surface area contributed by atoms with Crippen molar-refractivity contribution in [3.63, 3.8) is 0 Å². The van der Waals surface area contributed by atoms with Crippen LogP contribution >= 0.6 is 0 Å². The van der Waals surface area contributed by atoms with Gasteiger partial charge in [0, 0.05) is 5.56 Å². The molecule has 0 heteroatoms. The van der Waals surface area contributed by atoms with Crippen LogP contribution in [0.2, 0.25) is 0 Å². The van der Waals surface area contributed by atoms with E-state index in [-0.39, 0.29) is 5.92 Å². The zero-order chi connectivity index (χ0) is 50.0. The minimum absolute atomic E-state index is 0.234. The van der Waals surface area contributed by atoms with Crippen LogP contribution < -0.4 is 0 Å². The molecule has 0 aromatic heterocycles. The lowest BCUT2D eigenvalue weighted by atomic mass is 9.88. The van der Waals surface area contributed by atoms with Crippen molar-refractivity contribution in [2.75, 3.05) is 0 Å².